The third-order valence-electron chi connectivity index (χ3n) is 2.76. The van der Waals surface area contributed by atoms with E-state index >= 15 is 0 Å². The Morgan fingerprint density at radius 1 is 1.35 bits per heavy atom. The lowest BCUT2D eigenvalue weighted by Gasteiger charge is -2.04. The highest BCUT2D eigenvalue weighted by Crippen LogP contribution is 2.45. The van der Waals surface area contributed by atoms with Crippen LogP contribution in [0.2, 0.25) is 4.34 Å². The summed E-state index contributed by atoms with van der Waals surface area (Å²) in [6.07, 6.45) is 0. The maximum atomic E-state index is 12.3. The fourth-order valence-corrected chi connectivity index (χ4v) is 3.12. The van der Waals surface area contributed by atoms with Crippen LogP contribution in [-0.4, -0.2) is 5.78 Å². The van der Waals surface area contributed by atoms with Crippen molar-refractivity contribution in [2.24, 2.45) is 0 Å². The lowest BCUT2D eigenvalue weighted by Crippen LogP contribution is -1.98. The Labute approximate surface area is 109 Å². The van der Waals surface area contributed by atoms with E-state index < -0.39 is 0 Å². The van der Waals surface area contributed by atoms with Gasteiger partial charge in [-0.15, -0.1) is 11.3 Å². The maximum absolute atomic E-state index is 12.3. The smallest absolute Gasteiger partial charge is 0.196 e. The first-order valence-corrected chi connectivity index (χ1v) is 6.35. The van der Waals surface area contributed by atoms with E-state index in [1.54, 1.807) is 6.92 Å². The lowest BCUT2D eigenvalue weighted by atomic mass is 9.98. The molecule has 0 N–H and O–H groups in total. The van der Waals surface area contributed by atoms with Gasteiger partial charge in [0.15, 0.2) is 5.78 Å². The largest absolute Gasteiger partial charge is 0.288 e. The van der Waals surface area contributed by atoms with Crippen molar-refractivity contribution < 1.29 is 4.79 Å². The number of allylic oxidation sites excluding steroid dienone is 4. The van der Waals surface area contributed by atoms with Crippen LogP contribution in [0, 0.1) is 11.3 Å². The van der Waals surface area contributed by atoms with Crippen molar-refractivity contribution in [2.75, 3.05) is 0 Å². The highest BCUT2D eigenvalue weighted by Gasteiger charge is 2.35. The molecule has 17 heavy (non-hydrogen) atoms. The van der Waals surface area contributed by atoms with Crippen molar-refractivity contribution in [2.45, 2.75) is 20.8 Å². The van der Waals surface area contributed by atoms with E-state index in [2.05, 4.69) is 6.07 Å². The van der Waals surface area contributed by atoms with Crippen LogP contribution in [0.3, 0.4) is 0 Å². The molecular formula is C13H10ClNOS. The Morgan fingerprint density at radius 3 is 2.53 bits per heavy atom. The second kappa shape index (κ2) is 4.14. The Balaban J connectivity index is 2.87. The van der Waals surface area contributed by atoms with Crippen LogP contribution in [0.15, 0.2) is 22.1 Å². The standard InChI is InChI=1S/C13H10ClNOS/c1-6(2)9-10(7(3)4-15)8-5-17-13(14)11(8)12(9)16/h5H,1-3H3/b10-7+. The van der Waals surface area contributed by atoms with E-state index in [0.717, 1.165) is 16.7 Å². The summed E-state index contributed by atoms with van der Waals surface area (Å²) in [5.74, 6) is -0.0594. The van der Waals surface area contributed by atoms with Gasteiger partial charge in [-0.25, -0.2) is 0 Å². The Bertz CT molecular complexity index is 624. The second-order valence-corrected chi connectivity index (χ2v) is 5.60. The van der Waals surface area contributed by atoms with E-state index in [1.807, 2.05) is 19.2 Å². The molecule has 0 saturated heterocycles. The molecule has 0 unspecified atom stereocenters. The quantitative estimate of drug-likeness (QED) is 0.519. The summed E-state index contributed by atoms with van der Waals surface area (Å²) in [6.45, 7) is 5.48. The fourth-order valence-electron chi connectivity index (χ4n) is 2.03. The minimum Gasteiger partial charge on any atom is -0.288 e. The van der Waals surface area contributed by atoms with Gasteiger partial charge in [0.2, 0.25) is 0 Å². The zero-order valence-corrected chi connectivity index (χ0v) is 11.3. The molecule has 1 aromatic rings. The Hall–Kier alpha value is -1.37. The van der Waals surface area contributed by atoms with Gasteiger partial charge in [-0.2, -0.15) is 5.26 Å². The van der Waals surface area contributed by atoms with Crippen LogP contribution in [0.4, 0.5) is 0 Å². The Morgan fingerprint density at radius 2 is 2.00 bits per heavy atom. The van der Waals surface area contributed by atoms with Crippen molar-refractivity contribution in [3.63, 3.8) is 0 Å². The van der Waals surface area contributed by atoms with E-state index in [4.69, 9.17) is 16.9 Å². The van der Waals surface area contributed by atoms with E-state index in [-0.39, 0.29) is 5.78 Å². The molecule has 86 valence electrons. The SMILES string of the molecule is CC(C)=C1C(=O)c2c(csc2Cl)/C1=C(/C)C#N. The van der Waals surface area contributed by atoms with E-state index in [9.17, 15) is 4.79 Å². The molecule has 0 fully saturated rings. The van der Waals surface area contributed by atoms with Crippen LogP contribution in [0.25, 0.3) is 5.57 Å². The highest BCUT2D eigenvalue weighted by atomic mass is 35.5. The van der Waals surface area contributed by atoms with Crippen LogP contribution < -0.4 is 0 Å². The summed E-state index contributed by atoms with van der Waals surface area (Å²) in [6, 6.07) is 2.12. The van der Waals surface area contributed by atoms with Crippen LogP contribution in [0.5, 0.6) is 0 Å². The van der Waals surface area contributed by atoms with Crippen molar-refractivity contribution >= 4 is 34.3 Å². The normalized spacial score (nSPS) is 16.9. The van der Waals surface area contributed by atoms with Gasteiger partial charge in [0.05, 0.1) is 11.6 Å². The second-order valence-electron chi connectivity index (χ2n) is 4.11. The Kier molecular flexibility index (Phi) is 2.94. The van der Waals surface area contributed by atoms with E-state index in [1.165, 1.54) is 11.3 Å². The minimum absolute atomic E-state index is 0.0594. The van der Waals surface area contributed by atoms with Gasteiger partial charge in [0, 0.05) is 27.7 Å². The van der Waals surface area contributed by atoms with Crippen molar-refractivity contribution in [1.29, 1.82) is 5.26 Å². The van der Waals surface area contributed by atoms with Gasteiger partial charge in [-0.1, -0.05) is 17.2 Å². The number of halogens is 1. The number of carbonyl (C=O) groups excluding carboxylic acids is 1. The molecule has 1 heterocycles. The van der Waals surface area contributed by atoms with E-state index in [0.29, 0.717) is 21.0 Å². The number of fused-ring (bicyclic) bond motifs is 1. The molecule has 0 aliphatic heterocycles. The molecule has 1 aliphatic carbocycles. The highest BCUT2D eigenvalue weighted by molar-refractivity contribution is 7.15. The zero-order valence-electron chi connectivity index (χ0n) is 9.72. The molecule has 0 spiro atoms. The minimum atomic E-state index is -0.0594. The number of carbonyl (C=O) groups is 1. The van der Waals surface area contributed by atoms with Gasteiger partial charge in [-0.05, 0) is 20.8 Å². The number of nitrogens with zero attached hydrogens (tertiary/aromatic N) is 1. The van der Waals surface area contributed by atoms with Crippen molar-refractivity contribution in [1.82, 2.24) is 0 Å². The predicted molar refractivity (Wildman–Crippen MR) is 70.2 cm³/mol. The van der Waals surface area contributed by atoms with Gasteiger partial charge in [0.1, 0.15) is 4.34 Å². The number of thiophene rings is 1. The molecule has 1 aliphatic rings. The molecule has 0 radical (unpaired) electrons. The number of ketones is 1. The number of hydrogen-bond donors (Lipinski definition) is 0. The molecule has 2 nitrogen and oxygen atoms in total. The zero-order chi connectivity index (χ0) is 12.7. The predicted octanol–water partition coefficient (Wildman–Crippen LogP) is 4.23. The summed E-state index contributed by atoms with van der Waals surface area (Å²) in [4.78, 5) is 12.3. The summed E-state index contributed by atoms with van der Waals surface area (Å²) < 4.78 is 0.504. The molecule has 2 rings (SSSR count). The van der Waals surface area contributed by atoms with Crippen LogP contribution in [0.1, 0.15) is 36.7 Å². The summed E-state index contributed by atoms with van der Waals surface area (Å²) >= 11 is 7.37. The first-order chi connectivity index (χ1) is 7.99. The molecule has 0 atom stereocenters. The molecule has 0 saturated carbocycles. The van der Waals surface area contributed by atoms with Crippen molar-refractivity contribution in [3.8, 4) is 6.07 Å². The third-order valence-corrected chi connectivity index (χ3v) is 3.98. The van der Waals surface area contributed by atoms with Crippen LogP contribution in [-0.2, 0) is 0 Å². The summed E-state index contributed by atoms with van der Waals surface area (Å²) in [5, 5.41) is 10.9. The number of hydrogen-bond acceptors (Lipinski definition) is 3. The number of rotatable bonds is 0. The topological polar surface area (TPSA) is 40.9 Å². The summed E-state index contributed by atoms with van der Waals surface area (Å²) in [7, 11) is 0. The number of nitriles is 1. The van der Waals surface area contributed by atoms with Crippen molar-refractivity contribution in [3.05, 3.63) is 37.6 Å². The summed E-state index contributed by atoms with van der Waals surface area (Å²) in [5.41, 5.74) is 4.21. The third kappa shape index (κ3) is 1.65. The van der Waals surface area contributed by atoms with Gasteiger partial charge < -0.3 is 0 Å². The molecule has 0 aromatic carbocycles. The molecular weight excluding hydrogens is 254 g/mol. The van der Waals surface area contributed by atoms with Gasteiger partial charge >= 0.3 is 0 Å². The average Bonchev–Trinajstić information content (AvgIpc) is 2.78. The lowest BCUT2D eigenvalue weighted by molar-refractivity contribution is 0.104. The maximum Gasteiger partial charge on any atom is 0.196 e. The number of Topliss-reactive ketones (excluding diaryl/α,β-unsaturated/α-hetero) is 1. The molecule has 0 amide bonds. The first kappa shape index (κ1) is 12.1. The molecule has 1 aromatic heterocycles. The van der Waals surface area contributed by atoms with Crippen LogP contribution >= 0.6 is 22.9 Å². The van der Waals surface area contributed by atoms with Gasteiger partial charge in [-0.3, -0.25) is 4.79 Å². The fraction of sp³-hybridized carbons (Fsp3) is 0.231. The average molecular weight is 264 g/mol. The monoisotopic (exact) mass is 263 g/mol. The molecule has 0 bridgehead atoms. The molecule has 4 heteroatoms. The first-order valence-electron chi connectivity index (χ1n) is 5.10. The van der Waals surface area contributed by atoms with Gasteiger partial charge in [0.25, 0.3) is 0 Å².